The molecule has 2 aromatic rings. The van der Waals surface area contributed by atoms with Crippen LogP contribution >= 0.6 is 24.0 Å². The van der Waals surface area contributed by atoms with Gasteiger partial charge in [0.05, 0.1) is 12.6 Å². The Balaban J connectivity index is 0.00000261. The number of rotatable bonds is 6. The lowest BCUT2D eigenvalue weighted by Gasteiger charge is -2.20. The van der Waals surface area contributed by atoms with Crippen LogP contribution in [-0.2, 0) is 0 Å². The molecule has 2 heterocycles. The Morgan fingerprint density at radius 3 is 2.70 bits per heavy atom. The number of nitrogens with one attached hydrogen (secondary N) is 2. The third kappa shape index (κ3) is 6.35. The molecule has 1 aromatic heterocycles. The minimum atomic E-state index is -0.627. The SMILES string of the molecule is CCNC(=NCC(O)c1ccncc1)NC1CCN(c2ccccc2)C1.I. The molecular weight excluding hydrogens is 453 g/mol. The zero-order valence-corrected chi connectivity index (χ0v) is 17.9. The molecule has 0 aliphatic carbocycles. The zero-order chi connectivity index (χ0) is 18.2. The van der Waals surface area contributed by atoms with Crippen molar-refractivity contribution in [2.75, 3.05) is 31.1 Å². The van der Waals surface area contributed by atoms with Gasteiger partial charge in [0, 0.05) is 43.8 Å². The molecule has 7 heteroatoms. The fourth-order valence-electron chi connectivity index (χ4n) is 3.13. The van der Waals surface area contributed by atoms with E-state index in [1.807, 2.05) is 25.1 Å². The molecule has 1 aliphatic rings. The number of aliphatic hydroxyl groups excluding tert-OH is 1. The van der Waals surface area contributed by atoms with E-state index in [9.17, 15) is 5.11 Å². The maximum Gasteiger partial charge on any atom is 0.191 e. The molecule has 146 valence electrons. The van der Waals surface area contributed by atoms with Gasteiger partial charge in [0.25, 0.3) is 0 Å². The number of anilines is 1. The standard InChI is InChI=1S/C20H27N5O.HI/c1-2-22-20(23-14-19(26)16-8-11-21-12-9-16)24-17-10-13-25(15-17)18-6-4-3-5-7-18;/h3-9,11-12,17,19,26H,2,10,13-15H2,1H3,(H2,22,23,24);1H. The molecule has 3 rings (SSSR count). The summed E-state index contributed by atoms with van der Waals surface area (Å²) in [6.45, 7) is 5.12. The minimum Gasteiger partial charge on any atom is -0.386 e. The smallest absolute Gasteiger partial charge is 0.191 e. The lowest BCUT2D eigenvalue weighted by atomic mass is 10.1. The van der Waals surface area contributed by atoms with Crippen molar-refractivity contribution in [2.24, 2.45) is 4.99 Å². The monoisotopic (exact) mass is 481 g/mol. The van der Waals surface area contributed by atoms with Gasteiger partial charge in [0.15, 0.2) is 5.96 Å². The number of hydrogen-bond donors (Lipinski definition) is 3. The van der Waals surface area contributed by atoms with Gasteiger partial charge in [-0.15, -0.1) is 24.0 Å². The van der Waals surface area contributed by atoms with E-state index in [1.165, 1.54) is 5.69 Å². The fraction of sp³-hybridized carbons (Fsp3) is 0.400. The largest absolute Gasteiger partial charge is 0.386 e. The number of nitrogens with zero attached hydrogens (tertiary/aromatic N) is 3. The first-order valence-corrected chi connectivity index (χ1v) is 9.19. The summed E-state index contributed by atoms with van der Waals surface area (Å²) >= 11 is 0. The first-order valence-electron chi connectivity index (χ1n) is 9.19. The van der Waals surface area contributed by atoms with Crippen LogP contribution in [0, 0.1) is 0 Å². The number of para-hydroxylation sites is 1. The number of aliphatic imine (C=N–C) groups is 1. The van der Waals surface area contributed by atoms with E-state index in [2.05, 4.69) is 49.8 Å². The molecule has 1 fully saturated rings. The van der Waals surface area contributed by atoms with Gasteiger partial charge in [-0.25, -0.2) is 0 Å². The molecule has 0 bridgehead atoms. The van der Waals surface area contributed by atoms with E-state index in [0.29, 0.717) is 12.6 Å². The highest BCUT2D eigenvalue weighted by molar-refractivity contribution is 14.0. The Morgan fingerprint density at radius 2 is 2.00 bits per heavy atom. The van der Waals surface area contributed by atoms with E-state index >= 15 is 0 Å². The highest BCUT2D eigenvalue weighted by Gasteiger charge is 2.23. The van der Waals surface area contributed by atoms with Crippen LogP contribution in [0.15, 0.2) is 59.9 Å². The molecule has 1 aromatic carbocycles. The van der Waals surface area contributed by atoms with Gasteiger partial charge in [-0.1, -0.05) is 18.2 Å². The van der Waals surface area contributed by atoms with Crippen LogP contribution < -0.4 is 15.5 Å². The molecule has 2 unspecified atom stereocenters. The summed E-state index contributed by atoms with van der Waals surface area (Å²) in [6.07, 6.45) is 3.80. The molecule has 0 radical (unpaired) electrons. The van der Waals surface area contributed by atoms with Crippen LogP contribution in [0.1, 0.15) is 25.0 Å². The second-order valence-electron chi connectivity index (χ2n) is 6.43. The third-order valence-corrected chi connectivity index (χ3v) is 4.51. The van der Waals surface area contributed by atoms with Crippen LogP contribution in [0.2, 0.25) is 0 Å². The van der Waals surface area contributed by atoms with E-state index < -0.39 is 6.10 Å². The Hall–Kier alpha value is -1.87. The van der Waals surface area contributed by atoms with Crippen LogP contribution in [0.5, 0.6) is 0 Å². The normalized spacial score (nSPS) is 17.9. The number of aromatic nitrogens is 1. The van der Waals surface area contributed by atoms with Gasteiger partial charge in [-0.3, -0.25) is 9.98 Å². The molecule has 0 amide bonds. The van der Waals surface area contributed by atoms with E-state index in [0.717, 1.165) is 37.6 Å². The molecule has 0 spiro atoms. The Morgan fingerprint density at radius 1 is 1.26 bits per heavy atom. The maximum absolute atomic E-state index is 10.3. The lowest BCUT2D eigenvalue weighted by molar-refractivity contribution is 0.187. The number of pyridine rings is 1. The van der Waals surface area contributed by atoms with Crippen molar-refractivity contribution >= 4 is 35.6 Å². The van der Waals surface area contributed by atoms with Gasteiger partial charge in [-0.05, 0) is 43.2 Å². The number of hydrogen-bond acceptors (Lipinski definition) is 4. The Labute approximate surface area is 178 Å². The second-order valence-corrected chi connectivity index (χ2v) is 6.43. The van der Waals surface area contributed by atoms with Gasteiger partial charge >= 0.3 is 0 Å². The highest BCUT2D eigenvalue weighted by Crippen LogP contribution is 2.19. The predicted molar refractivity (Wildman–Crippen MR) is 121 cm³/mol. The van der Waals surface area contributed by atoms with Gasteiger partial charge < -0.3 is 20.6 Å². The van der Waals surface area contributed by atoms with Crippen LogP contribution in [-0.4, -0.2) is 48.3 Å². The van der Waals surface area contributed by atoms with Crippen molar-refractivity contribution in [1.29, 1.82) is 0 Å². The van der Waals surface area contributed by atoms with E-state index in [-0.39, 0.29) is 24.0 Å². The van der Waals surface area contributed by atoms with Gasteiger partial charge in [0.1, 0.15) is 0 Å². The summed E-state index contributed by atoms with van der Waals surface area (Å²) in [5.74, 6) is 0.750. The highest BCUT2D eigenvalue weighted by atomic mass is 127. The van der Waals surface area contributed by atoms with Crippen molar-refractivity contribution in [3.63, 3.8) is 0 Å². The van der Waals surface area contributed by atoms with Crippen molar-refractivity contribution in [3.8, 4) is 0 Å². The molecule has 1 aliphatic heterocycles. The summed E-state index contributed by atoms with van der Waals surface area (Å²) < 4.78 is 0. The summed E-state index contributed by atoms with van der Waals surface area (Å²) in [7, 11) is 0. The zero-order valence-electron chi connectivity index (χ0n) is 15.6. The first kappa shape index (κ1) is 21.4. The minimum absolute atomic E-state index is 0. The lowest BCUT2D eigenvalue weighted by Crippen LogP contribution is -2.44. The van der Waals surface area contributed by atoms with E-state index in [4.69, 9.17) is 0 Å². The average molecular weight is 481 g/mol. The molecule has 2 atom stereocenters. The summed E-state index contributed by atoms with van der Waals surface area (Å²) in [5.41, 5.74) is 2.09. The predicted octanol–water partition coefficient (Wildman–Crippen LogP) is 2.57. The molecule has 27 heavy (non-hydrogen) atoms. The fourth-order valence-corrected chi connectivity index (χ4v) is 3.13. The topological polar surface area (TPSA) is 72.8 Å². The molecule has 3 N–H and O–H groups in total. The Bertz CT molecular complexity index is 698. The Kier molecular flexibility index (Phi) is 8.80. The number of aliphatic hydroxyl groups is 1. The van der Waals surface area contributed by atoms with Crippen molar-refractivity contribution in [1.82, 2.24) is 15.6 Å². The molecular formula is C20H28IN5O. The van der Waals surface area contributed by atoms with Crippen molar-refractivity contribution in [2.45, 2.75) is 25.5 Å². The summed E-state index contributed by atoms with van der Waals surface area (Å²) in [4.78, 5) is 10.9. The molecule has 1 saturated heterocycles. The maximum atomic E-state index is 10.3. The van der Waals surface area contributed by atoms with Crippen molar-refractivity contribution < 1.29 is 5.11 Å². The van der Waals surface area contributed by atoms with Crippen LogP contribution in [0.4, 0.5) is 5.69 Å². The van der Waals surface area contributed by atoms with Crippen molar-refractivity contribution in [3.05, 3.63) is 60.4 Å². The molecule has 0 saturated carbocycles. The number of halogens is 1. The van der Waals surface area contributed by atoms with Crippen LogP contribution in [0.3, 0.4) is 0 Å². The second kappa shape index (κ2) is 11.1. The van der Waals surface area contributed by atoms with Crippen LogP contribution in [0.25, 0.3) is 0 Å². The quantitative estimate of drug-likeness (QED) is 0.336. The third-order valence-electron chi connectivity index (χ3n) is 4.51. The summed E-state index contributed by atoms with van der Waals surface area (Å²) in [6, 6.07) is 14.4. The van der Waals surface area contributed by atoms with E-state index in [1.54, 1.807) is 12.4 Å². The van der Waals surface area contributed by atoms with Gasteiger partial charge in [0.2, 0.25) is 0 Å². The average Bonchev–Trinajstić information content (AvgIpc) is 3.16. The number of benzene rings is 1. The first-order chi connectivity index (χ1) is 12.8. The number of guanidine groups is 1. The summed E-state index contributed by atoms with van der Waals surface area (Å²) in [5, 5.41) is 17.1. The molecule has 6 nitrogen and oxygen atoms in total. The van der Waals surface area contributed by atoms with Gasteiger partial charge in [-0.2, -0.15) is 0 Å².